The fourth-order valence-corrected chi connectivity index (χ4v) is 4.37. The number of rotatable bonds is 6. The van der Waals surface area contributed by atoms with Crippen LogP contribution in [-0.4, -0.2) is 33.7 Å². The standard InChI is InChI=1S/C19H21Cl2N3O3S/c1-28(26,27)23-16-8-3-9-17-13(16)5-4-11-24(17)12-10-18(25)22-19-14(20)6-2-7-15(19)21/h2-3,6-9,23H,4-5,10-12H2,1H3,(H,22,25). The number of anilines is 3. The lowest BCUT2D eigenvalue weighted by atomic mass is 10.00. The maximum absolute atomic E-state index is 12.4. The van der Waals surface area contributed by atoms with Crippen LogP contribution < -0.4 is 14.9 Å². The molecule has 150 valence electrons. The van der Waals surface area contributed by atoms with Gasteiger partial charge < -0.3 is 10.2 Å². The van der Waals surface area contributed by atoms with Crippen molar-refractivity contribution >= 4 is 56.2 Å². The summed E-state index contributed by atoms with van der Waals surface area (Å²) in [5.41, 5.74) is 2.91. The summed E-state index contributed by atoms with van der Waals surface area (Å²) in [4.78, 5) is 14.5. The third-order valence-corrected chi connectivity index (χ3v) is 5.70. The van der Waals surface area contributed by atoms with E-state index in [-0.39, 0.29) is 12.3 Å². The molecule has 6 nitrogen and oxygen atoms in total. The van der Waals surface area contributed by atoms with Gasteiger partial charge in [0.2, 0.25) is 15.9 Å². The molecular formula is C19H21Cl2N3O3S. The monoisotopic (exact) mass is 441 g/mol. The Hall–Kier alpha value is -1.96. The number of halogens is 2. The summed E-state index contributed by atoms with van der Waals surface area (Å²) < 4.78 is 25.8. The van der Waals surface area contributed by atoms with Gasteiger partial charge in [-0.15, -0.1) is 0 Å². The van der Waals surface area contributed by atoms with E-state index in [1.54, 1.807) is 24.3 Å². The van der Waals surface area contributed by atoms with E-state index in [0.29, 0.717) is 28.0 Å². The average molecular weight is 442 g/mol. The second-order valence-corrected chi connectivity index (χ2v) is 9.23. The Morgan fingerprint density at radius 2 is 1.82 bits per heavy atom. The number of fused-ring (bicyclic) bond motifs is 1. The van der Waals surface area contributed by atoms with E-state index in [9.17, 15) is 13.2 Å². The van der Waals surface area contributed by atoms with Gasteiger partial charge in [0.1, 0.15) is 0 Å². The number of nitrogens with zero attached hydrogens (tertiary/aromatic N) is 1. The summed E-state index contributed by atoms with van der Waals surface area (Å²) in [5.74, 6) is -0.187. The molecule has 0 fully saturated rings. The number of benzene rings is 2. The van der Waals surface area contributed by atoms with E-state index in [1.165, 1.54) is 0 Å². The highest BCUT2D eigenvalue weighted by Crippen LogP contribution is 2.34. The van der Waals surface area contributed by atoms with Gasteiger partial charge in [-0.1, -0.05) is 35.3 Å². The van der Waals surface area contributed by atoms with Crippen molar-refractivity contribution in [3.05, 3.63) is 52.0 Å². The van der Waals surface area contributed by atoms with Crippen molar-refractivity contribution in [2.75, 3.05) is 34.3 Å². The van der Waals surface area contributed by atoms with Crippen LogP contribution in [0.2, 0.25) is 10.0 Å². The summed E-state index contributed by atoms with van der Waals surface area (Å²) in [6.07, 6.45) is 3.06. The SMILES string of the molecule is CS(=O)(=O)Nc1cccc2c1CCCN2CCC(=O)Nc1c(Cl)cccc1Cl. The highest BCUT2D eigenvalue weighted by atomic mass is 35.5. The number of sulfonamides is 1. The lowest BCUT2D eigenvalue weighted by Gasteiger charge is -2.32. The molecule has 0 saturated carbocycles. The van der Waals surface area contributed by atoms with Gasteiger partial charge in [0.15, 0.2) is 0 Å². The Bertz CT molecular complexity index is 976. The zero-order valence-electron chi connectivity index (χ0n) is 15.3. The van der Waals surface area contributed by atoms with E-state index >= 15 is 0 Å². The second-order valence-electron chi connectivity index (χ2n) is 6.66. The molecule has 0 atom stereocenters. The van der Waals surface area contributed by atoms with Crippen LogP contribution in [0.15, 0.2) is 36.4 Å². The van der Waals surface area contributed by atoms with Gasteiger partial charge in [-0.05, 0) is 42.7 Å². The highest BCUT2D eigenvalue weighted by molar-refractivity contribution is 7.92. The minimum Gasteiger partial charge on any atom is -0.371 e. The molecule has 0 aromatic heterocycles. The molecule has 1 aliphatic heterocycles. The van der Waals surface area contributed by atoms with Crippen LogP contribution in [-0.2, 0) is 21.2 Å². The first-order chi connectivity index (χ1) is 13.2. The number of hydrogen-bond acceptors (Lipinski definition) is 4. The van der Waals surface area contributed by atoms with Gasteiger partial charge in [-0.3, -0.25) is 9.52 Å². The van der Waals surface area contributed by atoms with E-state index < -0.39 is 10.0 Å². The highest BCUT2D eigenvalue weighted by Gasteiger charge is 2.21. The molecular weight excluding hydrogens is 421 g/mol. The molecule has 0 spiro atoms. The van der Waals surface area contributed by atoms with Gasteiger partial charge in [-0.25, -0.2) is 8.42 Å². The van der Waals surface area contributed by atoms with Crippen LogP contribution in [0.3, 0.4) is 0 Å². The molecule has 0 radical (unpaired) electrons. The van der Waals surface area contributed by atoms with E-state index in [1.807, 2.05) is 12.1 Å². The summed E-state index contributed by atoms with van der Waals surface area (Å²) in [6.45, 7) is 1.30. The molecule has 9 heteroatoms. The Labute approximate surface area is 174 Å². The van der Waals surface area contributed by atoms with Gasteiger partial charge >= 0.3 is 0 Å². The number of nitrogens with one attached hydrogen (secondary N) is 2. The fourth-order valence-electron chi connectivity index (χ4n) is 3.28. The molecule has 28 heavy (non-hydrogen) atoms. The van der Waals surface area contributed by atoms with Crippen molar-refractivity contribution in [2.24, 2.45) is 0 Å². The van der Waals surface area contributed by atoms with Crippen LogP contribution in [0.1, 0.15) is 18.4 Å². The van der Waals surface area contributed by atoms with Crippen LogP contribution in [0, 0.1) is 0 Å². The molecule has 0 aliphatic carbocycles. The number of carbonyl (C=O) groups is 1. The van der Waals surface area contributed by atoms with Gasteiger partial charge in [0.25, 0.3) is 0 Å². The predicted molar refractivity (Wildman–Crippen MR) is 115 cm³/mol. The zero-order chi connectivity index (χ0) is 20.3. The topological polar surface area (TPSA) is 78.5 Å². The lowest BCUT2D eigenvalue weighted by Crippen LogP contribution is -2.33. The normalized spacial score (nSPS) is 13.8. The molecule has 2 aromatic carbocycles. The van der Waals surface area contributed by atoms with Crippen LogP contribution in [0.4, 0.5) is 17.1 Å². The summed E-state index contributed by atoms with van der Waals surface area (Å²) >= 11 is 12.2. The van der Waals surface area contributed by atoms with E-state index in [4.69, 9.17) is 23.2 Å². The average Bonchev–Trinajstić information content (AvgIpc) is 2.62. The number of para-hydroxylation sites is 1. The first-order valence-corrected chi connectivity index (χ1v) is 11.5. The predicted octanol–water partition coefficient (Wildman–Crippen LogP) is 4.15. The molecule has 0 saturated heterocycles. The first kappa shape index (κ1) is 20.8. The number of carbonyl (C=O) groups excluding carboxylic acids is 1. The maximum Gasteiger partial charge on any atom is 0.229 e. The molecule has 1 aliphatic rings. The molecule has 1 amide bonds. The summed E-state index contributed by atoms with van der Waals surface area (Å²) in [7, 11) is -3.35. The Balaban J connectivity index is 1.70. The van der Waals surface area contributed by atoms with Crippen molar-refractivity contribution in [3.8, 4) is 0 Å². The van der Waals surface area contributed by atoms with E-state index in [0.717, 1.165) is 36.9 Å². The minimum atomic E-state index is -3.35. The molecule has 2 aromatic rings. The van der Waals surface area contributed by atoms with Crippen molar-refractivity contribution in [2.45, 2.75) is 19.3 Å². The van der Waals surface area contributed by atoms with Crippen LogP contribution in [0.25, 0.3) is 0 Å². The van der Waals surface area contributed by atoms with Crippen LogP contribution in [0.5, 0.6) is 0 Å². The first-order valence-electron chi connectivity index (χ1n) is 8.83. The molecule has 0 unspecified atom stereocenters. The molecule has 0 bridgehead atoms. The molecule has 1 heterocycles. The third kappa shape index (κ3) is 5.10. The van der Waals surface area contributed by atoms with Crippen molar-refractivity contribution in [1.82, 2.24) is 0 Å². The largest absolute Gasteiger partial charge is 0.371 e. The number of amides is 1. The molecule has 3 rings (SSSR count). The zero-order valence-corrected chi connectivity index (χ0v) is 17.7. The van der Waals surface area contributed by atoms with Crippen molar-refractivity contribution in [3.63, 3.8) is 0 Å². The smallest absolute Gasteiger partial charge is 0.229 e. The Morgan fingerprint density at radius 1 is 1.14 bits per heavy atom. The Kier molecular flexibility index (Phi) is 6.37. The molecule has 2 N–H and O–H groups in total. The quantitative estimate of drug-likeness (QED) is 0.705. The minimum absolute atomic E-state index is 0.187. The van der Waals surface area contributed by atoms with Crippen LogP contribution >= 0.6 is 23.2 Å². The van der Waals surface area contributed by atoms with Gasteiger partial charge in [0.05, 0.1) is 27.7 Å². The third-order valence-electron chi connectivity index (χ3n) is 4.48. The Morgan fingerprint density at radius 3 is 2.50 bits per heavy atom. The fraction of sp³-hybridized carbons (Fsp3) is 0.316. The maximum atomic E-state index is 12.4. The van der Waals surface area contributed by atoms with E-state index in [2.05, 4.69) is 14.9 Å². The number of hydrogen-bond donors (Lipinski definition) is 2. The van der Waals surface area contributed by atoms with Gasteiger partial charge in [0, 0.05) is 25.2 Å². The van der Waals surface area contributed by atoms with Crippen molar-refractivity contribution in [1.29, 1.82) is 0 Å². The van der Waals surface area contributed by atoms with Crippen molar-refractivity contribution < 1.29 is 13.2 Å². The summed E-state index contributed by atoms with van der Waals surface area (Å²) in [5, 5.41) is 3.54. The summed E-state index contributed by atoms with van der Waals surface area (Å²) in [6, 6.07) is 10.6. The van der Waals surface area contributed by atoms with Gasteiger partial charge in [-0.2, -0.15) is 0 Å². The second kappa shape index (κ2) is 8.59. The lowest BCUT2D eigenvalue weighted by molar-refractivity contribution is -0.116.